The van der Waals surface area contributed by atoms with E-state index in [0.717, 1.165) is 5.75 Å². The monoisotopic (exact) mass is 149 g/mol. The van der Waals surface area contributed by atoms with Crippen molar-refractivity contribution in [3.8, 4) is 0 Å². The molecule has 0 saturated carbocycles. The molecule has 0 saturated heterocycles. The van der Waals surface area contributed by atoms with E-state index in [1.165, 1.54) is 11.8 Å². The third-order valence-corrected chi connectivity index (χ3v) is 1.49. The van der Waals surface area contributed by atoms with E-state index >= 15 is 0 Å². The second kappa shape index (κ2) is 4.31. The van der Waals surface area contributed by atoms with Gasteiger partial charge in [0.05, 0.1) is 0 Å². The summed E-state index contributed by atoms with van der Waals surface area (Å²) in [7, 11) is 0. The third-order valence-electron chi connectivity index (χ3n) is 0.633. The molecular weight excluding hydrogens is 142 g/mol. The van der Waals surface area contributed by atoms with Gasteiger partial charge in [0.2, 0.25) is 0 Å². The topological polar surface area (TPSA) is 60.2 Å². The minimum Gasteiger partial charge on any atom is -0.256 e. The summed E-state index contributed by atoms with van der Waals surface area (Å²) in [5.41, 5.74) is 0. The van der Waals surface area contributed by atoms with E-state index in [0.29, 0.717) is 0 Å². The summed E-state index contributed by atoms with van der Waals surface area (Å²) >= 11 is 1.25. The molecule has 4 nitrogen and oxygen atoms in total. The Morgan fingerprint density at radius 1 is 1.78 bits per heavy atom. The van der Waals surface area contributed by atoms with Gasteiger partial charge in [-0.15, -0.1) is 11.8 Å². The standard InChI is InChI=1S/C4H7NO3S/c1-2-9-3-4(6)5(7)8/h2-3H2,1H3. The summed E-state index contributed by atoms with van der Waals surface area (Å²) in [6.45, 7) is 1.85. The molecule has 0 heterocycles. The molecule has 5 heteroatoms. The van der Waals surface area contributed by atoms with E-state index in [1.54, 1.807) is 0 Å². The average molecular weight is 149 g/mol. The molecule has 0 atom stereocenters. The van der Waals surface area contributed by atoms with Crippen LogP contribution in [0.15, 0.2) is 0 Å². The van der Waals surface area contributed by atoms with Crippen molar-refractivity contribution in [3.05, 3.63) is 10.1 Å². The summed E-state index contributed by atoms with van der Waals surface area (Å²) in [5.74, 6) is -0.190. The maximum Gasteiger partial charge on any atom is 0.454 e. The molecule has 9 heavy (non-hydrogen) atoms. The molecule has 0 aliphatic carbocycles. The predicted molar refractivity (Wildman–Crippen MR) is 35.0 cm³/mol. The lowest BCUT2D eigenvalue weighted by Gasteiger charge is -1.87. The first-order valence-electron chi connectivity index (χ1n) is 2.43. The van der Waals surface area contributed by atoms with E-state index in [-0.39, 0.29) is 5.75 Å². The largest absolute Gasteiger partial charge is 0.454 e. The van der Waals surface area contributed by atoms with Crippen LogP contribution in [0.2, 0.25) is 0 Å². The average Bonchev–Trinajstić information content (AvgIpc) is 1.82. The highest BCUT2D eigenvalue weighted by Gasteiger charge is 2.12. The van der Waals surface area contributed by atoms with Crippen LogP contribution in [0.1, 0.15) is 6.92 Å². The molecule has 0 aliphatic heterocycles. The van der Waals surface area contributed by atoms with Crippen LogP contribution in [0.5, 0.6) is 0 Å². The molecule has 1 amide bonds. The molecule has 52 valence electrons. The Morgan fingerprint density at radius 2 is 2.33 bits per heavy atom. The third kappa shape index (κ3) is 3.96. The fourth-order valence-corrected chi connectivity index (χ4v) is 0.726. The van der Waals surface area contributed by atoms with Crippen LogP contribution in [0, 0.1) is 10.1 Å². The molecule has 0 aromatic heterocycles. The van der Waals surface area contributed by atoms with E-state index in [1.807, 2.05) is 6.92 Å². The minimum atomic E-state index is -0.915. The Balaban J connectivity index is 3.39. The maximum atomic E-state index is 10.2. The van der Waals surface area contributed by atoms with Crippen LogP contribution in [-0.2, 0) is 4.79 Å². The molecule has 0 aromatic carbocycles. The van der Waals surface area contributed by atoms with Gasteiger partial charge in [0.1, 0.15) is 10.7 Å². The predicted octanol–water partition coefficient (Wildman–Crippen LogP) is 0.543. The second-order valence-corrected chi connectivity index (χ2v) is 2.56. The van der Waals surface area contributed by atoms with Crippen molar-refractivity contribution in [1.82, 2.24) is 0 Å². The lowest BCUT2D eigenvalue weighted by Crippen LogP contribution is -2.13. The SMILES string of the molecule is CCSCC(=O)[N+](=O)[O-]. The van der Waals surface area contributed by atoms with Gasteiger partial charge in [0, 0.05) is 0 Å². The quantitative estimate of drug-likeness (QED) is 0.434. The highest BCUT2D eigenvalue weighted by molar-refractivity contribution is 7.99. The van der Waals surface area contributed by atoms with Gasteiger partial charge in [-0.1, -0.05) is 6.92 Å². The number of nitro groups is 1. The highest BCUT2D eigenvalue weighted by atomic mass is 32.2. The van der Waals surface area contributed by atoms with Crippen molar-refractivity contribution in [2.24, 2.45) is 0 Å². The smallest absolute Gasteiger partial charge is 0.256 e. The number of hydrogen-bond acceptors (Lipinski definition) is 4. The summed E-state index contributed by atoms with van der Waals surface area (Å²) in [5, 5.41) is 9.65. The van der Waals surface area contributed by atoms with Crippen molar-refractivity contribution in [3.63, 3.8) is 0 Å². The Bertz CT molecular complexity index is 125. The number of rotatable bonds is 3. The Hall–Kier alpha value is -0.580. The number of thioether (sulfide) groups is 1. The lowest BCUT2D eigenvalue weighted by atomic mass is 10.8. The number of hydrogen-bond donors (Lipinski definition) is 0. The van der Waals surface area contributed by atoms with E-state index in [2.05, 4.69) is 0 Å². The molecule has 0 fully saturated rings. The van der Waals surface area contributed by atoms with Crippen molar-refractivity contribution in [2.45, 2.75) is 6.92 Å². The van der Waals surface area contributed by atoms with Crippen molar-refractivity contribution < 1.29 is 9.72 Å². The van der Waals surface area contributed by atoms with Gasteiger partial charge in [0.15, 0.2) is 0 Å². The van der Waals surface area contributed by atoms with Crippen LogP contribution in [-0.4, -0.2) is 22.3 Å². The van der Waals surface area contributed by atoms with Crippen LogP contribution in [0.4, 0.5) is 0 Å². The zero-order valence-corrected chi connectivity index (χ0v) is 5.81. The molecule has 0 spiro atoms. The number of carbonyl (C=O) groups excluding carboxylic acids is 1. The number of carbonyl (C=O) groups is 1. The maximum absolute atomic E-state index is 10.2. The normalized spacial score (nSPS) is 9.00. The zero-order chi connectivity index (χ0) is 7.28. The second-order valence-electron chi connectivity index (χ2n) is 1.29. The van der Waals surface area contributed by atoms with Gasteiger partial charge in [-0.3, -0.25) is 10.1 Å². The lowest BCUT2D eigenvalue weighted by molar-refractivity contribution is -0.399. The van der Waals surface area contributed by atoms with Crippen LogP contribution >= 0.6 is 11.8 Å². The molecule has 0 aliphatic rings. The summed E-state index contributed by atoms with van der Waals surface area (Å²) < 4.78 is 0. The molecule has 0 unspecified atom stereocenters. The van der Waals surface area contributed by atoms with Crippen LogP contribution < -0.4 is 0 Å². The molecule has 0 aromatic rings. The van der Waals surface area contributed by atoms with Crippen molar-refractivity contribution in [1.29, 1.82) is 0 Å². The van der Waals surface area contributed by atoms with Crippen LogP contribution in [0.3, 0.4) is 0 Å². The number of nitrogens with zero attached hydrogens (tertiary/aromatic N) is 1. The summed E-state index contributed by atoms with van der Waals surface area (Å²) in [4.78, 5) is 18.9. The van der Waals surface area contributed by atoms with E-state index in [4.69, 9.17) is 0 Å². The van der Waals surface area contributed by atoms with Gasteiger partial charge in [-0.05, 0) is 5.75 Å². The van der Waals surface area contributed by atoms with Gasteiger partial charge in [0.25, 0.3) is 0 Å². The first-order chi connectivity index (χ1) is 4.18. The molecular formula is C4H7NO3S. The van der Waals surface area contributed by atoms with Gasteiger partial charge >= 0.3 is 5.91 Å². The van der Waals surface area contributed by atoms with Gasteiger partial charge in [-0.25, -0.2) is 4.79 Å². The zero-order valence-electron chi connectivity index (χ0n) is 4.99. The Labute approximate surface area is 56.8 Å². The Morgan fingerprint density at radius 3 is 2.67 bits per heavy atom. The van der Waals surface area contributed by atoms with Crippen molar-refractivity contribution in [2.75, 3.05) is 11.5 Å². The molecule has 0 rings (SSSR count). The van der Waals surface area contributed by atoms with Crippen molar-refractivity contribution >= 4 is 17.7 Å². The van der Waals surface area contributed by atoms with Gasteiger partial charge < -0.3 is 0 Å². The molecule has 0 N–H and O–H groups in total. The van der Waals surface area contributed by atoms with Gasteiger partial charge in [-0.2, -0.15) is 0 Å². The fraction of sp³-hybridized carbons (Fsp3) is 0.750. The fourth-order valence-electron chi connectivity index (χ4n) is 0.242. The molecule has 0 radical (unpaired) electrons. The van der Waals surface area contributed by atoms with E-state index in [9.17, 15) is 14.9 Å². The van der Waals surface area contributed by atoms with E-state index < -0.39 is 10.8 Å². The minimum absolute atomic E-state index is 0.0104. The Kier molecular flexibility index (Phi) is 4.04. The van der Waals surface area contributed by atoms with Crippen LogP contribution in [0.25, 0.3) is 0 Å². The molecule has 0 bridgehead atoms. The number of amides is 1. The summed E-state index contributed by atoms with van der Waals surface area (Å²) in [6, 6.07) is 0. The first kappa shape index (κ1) is 8.42. The highest BCUT2D eigenvalue weighted by Crippen LogP contribution is 1.97. The first-order valence-corrected chi connectivity index (χ1v) is 3.59. The summed E-state index contributed by atoms with van der Waals surface area (Å²) in [6.07, 6.45) is 0.